The second-order valence-corrected chi connectivity index (χ2v) is 6.25. The van der Waals surface area contributed by atoms with E-state index in [9.17, 15) is 9.90 Å². The number of rotatable bonds is 4. The van der Waals surface area contributed by atoms with Gasteiger partial charge in [-0.1, -0.05) is 6.07 Å². The standard InChI is InChI=1S/C19H22N2O4/c1-13(2)25-12-18(23)21-6-7-24-19-16(11-21)8-15(9-17(19)22)14-4-3-5-20-10-14/h3-5,8-10,13,22H,6-7,11-12H2,1-2H3. The van der Waals surface area contributed by atoms with Crippen LogP contribution in [0, 0.1) is 0 Å². The van der Waals surface area contributed by atoms with E-state index in [1.54, 1.807) is 23.4 Å². The molecule has 0 aliphatic carbocycles. The molecule has 0 fully saturated rings. The van der Waals surface area contributed by atoms with E-state index >= 15 is 0 Å². The number of hydrogen-bond donors (Lipinski definition) is 1. The van der Waals surface area contributed by atoms with Crippen LogP contribution in [0.3, 0.4) is 0 Å². The van der Waals surface area contributed by atoms with Crippen LogP contribution in [0.1, 0.15) is 19.4 Å². The van der Waals surface area contributed by atoms with Crippen LogP contribution in [0.2, 0.25) is 0 Å². The smallest absolute Gasteiger partial charge is 0.249 e. The fourth-order valence-electron chi connectivity index (χ4n) is 2.74. The fraction of sp³-hybridized carbons (Fsp3) is 0.368. The molecule has 0 unspecified atom stereocenters. The second-order valence-electron chi connectivity index (χ2n) is 6.25. The van der Waals surface area contributed by atoms with Gasteiger partial charge in [-0.15, -0.1) is 0 Å². The van der Waals surface area contributed by atoms with Crippen molar-refractivity contribution in [2.24, 2.45) is 0 Å². The van der Waals surface area contributed by atoms with Gasteiger partial charge < -0.3 is 19.5 Å². The SMILES string of the molecule is CC(C)OCC(=O)N1CCOc2c(O)cc(-c3cccnc3)cc2C1. The van der Waals surface area contributed by atoms with Gasteiger partial charge in [-0.25, -0.2) is 0 Å². The lowest BCUT2D eigenvalue weighted by molar-refractivity contribution is -0.138. The van der Waals surface area contributed by atoms with Gasteiger partial charge in [0.1, 0.15) is 13.2 Å². The molecule has 25 heavy (non-hydrogen) atoms. The van der Waals surface area contributed by atoms with Crippen molar-refractivity contribution in [3.8, 4) is 22.6 Å². The van der Waals surface area contributed by atoms with E-state index < -0.39 is 0 Å². The van der Waals surface area contributed by atoms with Crippen molar-refractivity contribution in [1.29, 1.82) is 0 Å². The topological polar surface area (TPSA) is 71.9 Å². The molecule has 0 saturated heterocycles. The molecule has 0 spiro atoms. The predicted molar refractivity (Wildman–Crippen MR) is 93.3 cm³/mol. The predicted octanol–water partition coefficient (Wildman–Crippen LogP) is 2.60. The number of pyridine rings is 1. The molecular formula is C19H22N2O4. The number of aromatic hydroxyl groups is 1. The summed E-state index contributed by atoms with van der Waals surface area (Å²) in [5.74, 6) is 0.424. The van der Waals surface area contributed by atoms with E-state index in [2.05, 4.69) is 4.98 Å². The van der Waals surface area contributed by atoms with E-state index in [4.69, 9.17) is 9.47 Å². The normalized spacial score (nSPS) is 14.0. The first-order valence-electron chi connectivity index (χ1n) is 8.33. The van der Waals surface area contributed by atoms with Gasteiger partial charge in [-0.05, 0) is 37.6 Å². The number of ether oxygens (including phenoxy) is 2. The lowest BCUT2D eigenvalue weighted by Gasteiger charge is -2.20. The summed E-state index contributed by atoms with van der Waals surface area (Å²) in [4.78, 5) is 18.2. The third-order valence-corrected chi connectivity index (χ3v) is 4.00. The summed E-state index contributed by atoms with van der Waals surface area (Å²) in [6.45, 7) is 4.99. The Morgan fingerprint density at radius 2 is 2.24 bits per heavy atom. The molecule has 132 valence electrons. The molecule has 0 radical (unpaired) electrons. The largest absolute Gasteiger partial charge is 0.504 e. The van der Waals surface area contributed by atoms with E-state index in [0.29, 0.717) is 25.4 Å². The molecule has 6 heteroatoms. The molecule has 1 N–H and O–H groups in total. The number of aromatic nitrogens is 1. The van der Waals surface area contributed by atoms with Crippen molar-refractivity contribution in [3.05, 3.63) is 42.2 Å². The summed E-state index contributed by atoms with van der Waals surface area (Å²) in [5, 5.41) is 10.4. The molecule has 0 atom stereocenters. The maximum atomic E-state index is 12.4. The molecular weight excluding hydrogens is 320 g/mol. The summed E-state index contributed by atoms with van der Waals surface area (Å²) in [5.41, 5.74) is 2.50. The first kappa shape index (κ1) is 17.2. The van der Waals surface area contributed by atoms with Gasteiger partial charge in [-0.3, -0.25) is 9.78 Å². The van der Waals surface area contributed by atoms with Crippen LogP contribution in [0.4, 0.5) is 0 Å². The molecule has 1 amide bonds. The highest BCUT2D eigenvalue weighted by atomic mass is 16.5. The zero-order valence-corrected chi connectivity index (χ0v) is 14.4. The van der Waals surface area contributed by atoms with Gasteiger partial charge >= 0.3 is 0 Å². The molecule has 1 aromatic heterocycles. The lowest BCUT2D eigenvalue weighted by Crippen LogP contribution is -2.35. The van der Waals surface area contributed by atoms with E-state index in [1.807, 2.05) is 32.0 Å². The molecule has 1 aromatic carbocycles. The van der Waals surface area contributed by atoms with Crippen molar-refractivity contribution in [2.75, 3.05) is 19.8 Å². The second kappa shape index (κ2) is 7.53. The maximum absolute atomic E-state index is 12.4. The van der Waals surface area contributed by atoms with Crippen LogP contribution in [0.25, 0.3) is 11.1 Å². The molecule has 1 aliphatic heterocycles. The number of nitrogens with zero attached hydrogens (tertiary/aromatic N) is 2. The molecule has 6 nitrogen and oxygen atoms in total. The third kappa shape index (κ3) is 4.09. The van der Waals surface area contributed by atoms with Crippen molar-refractivity contribution < 1.29 is 19.4 Å². The maximum Gasteiger partial charge on any atom is 0.249 e. The monoisotopic (exact) mass is 342 g/mol. The highest BCUT2D eigenvalue weighted by Crippen LogP contribution is 2.37. The van der Waals surface area contributed by atoms with Gasteiger partial charge in [0.15, 0.2) is 11.5 Å². The Kier molecular flexibility index (Phi) is 5.19. The average Bonchev–Trinajstić information content (AvgIpc) is 2.83. The summed E-state index contributed by atoms with van der Waals surface area (Å²) >= 11 is 0. The van der Waals surface area contributed by atoms with Crippen LogP contribution in [0.15, 0.2) is 36.7 Å². The van der Waals surface area contributed by atoms with Crippen LogP contribution < -0.4 is 4.74 Å². The van der Waals surface area contributed by atoms with Gasteiger partial charge in [0.25, 0.3) is 0 Å². The Bertz CT molecular complexity index is 747. The van der Waals surface area contributed by atoms with Crippen LogP contribution in [-0.2, 0) is 16.1 Å². The average molecular weight is 342 g/mol. The molecule has 2 heterocycles. The Hall–Kier alpha value is -2.60. The Balaban J connectivity index is 1.86. The highest BCUT2D eigenvalue weighted by Gasteiger charge is 2.23. The van der Waals surface area contributed by atoms with E-state index in [-0.39, 0.29) is 24.4 Å². The number of phenols is 1. The summed E-state index contributed by atoms with van der Waals surface area (Å²) in [7, 11) is 0. The van der Waals surface area contributed by atoms with Crippen LogP contribution >= 0.6 is 0 Å². The minimum atomic E-state index is -0.0866. The Morgan fingerprint density at radius 3 is 2.96 bits per heavy atom. The number of amides is 1. The van der Waals surface area contributed by atoms with Crippen LogP contribution in [-0.4, -0.2) is 46.8 Å². The number of carbonyl (C=O) groups excluding carboxylic acids is 1. The third-order valence-electron chi connectivity index (χ3n) is 4.00. The minimum Gasteiger partial charge on any atom is -0.504 e. The van der Waals surface area contributed by atoms with Gasteiger partial charge in [0, 0.05) is 30.1 Å². The summed E-state index contributed by atoms with van der Waals surface area (Å²) in [6.07, 6.45) is 3.43. The zero-order chi connectivity index (χ0) is 17.8. The van der Waals surface area contributed by atoms with Gasteiger partial charge in [0.05, 0.1) is 12.6 Å². The first-order valence-corrected chi connectivity index (χ1v) is 8.33. The van der Waals surface area contributed by atoms with Gasteiger partial charge in [-0.2, -0.15) is 0 Å². The molecule has 0 saturated carbocycles. The lowest BCUT2D eigenvalue weighted by atomic mass is 10.0. The van der Waals surface area contributed by atoms with Crippen molar-refractivity contribution >= 4 is 5.91 Å². The molecule has 1 aliphatic rings. The van der Waals surface area contributed by atoms with Crippen LogP contribution in [0.5, 0.6) is 11.5 Å². The number of hydrogen-bond acceptors (Lipinski definition) is 5. The number of fused-ring (bicyclic) bond motifs is 1. The van der Waals surface area contributed by atoms with Crippen molar-refractivity contribution in [1.82, 2.24) is 9.88 Å². The highest BCUT2D eigenvalue weighted by molar-refractivity contribution is 5.78. The molecule has 3 rings (SSSR count). The van der Waals surface area contributed by atoms with E-state index in [0.717, 1.165) is 16.7 Å². The van der Waals surface area contributed by atoms with Crippen molar-refractivity contribution in [2.45, 2.75) is 26.5 Å². The molecule has 2 aromatic rings. The summed E-state index contributed by atoms with van der Waals surface area (Å²) in [6, 6.07) is 7.36. The quantitative estimate of drug-likeness (QED) is 0.925. The van der Waals surface area contributed by atoms with E-state index in [1.165, 1.54) is 0 Å². The number of phenolic OH excluding ortho intramolecular Hbond substituents is 1. The Labute approximate surface area is 147 Å². The Morgan fingerprint density at radius 1 is 1.40 bits per heavy atom. The first-order chi connectivity index (χ1) is 12.0. The van der Waals surface area contributed by atoms with Gasteiger partial charge in [0.2, 0.25) is 5.91 Å². The fourth-order valence-corrected chi connectivity index (χ4v) is 2.74. The zero-order valence-electron chi connectivity index (χ0n) is 14.4. The van der Waals surface area contributed by atoms with Crippen molar-refractivity contribution in [3.63, 3.8) is 0 Å². The minimum absolute atomic E-state index is 0.000641. The number of carbonyl (C=O) groups is 1. The number of benzene rings is 1. The summed E-state index contributed by atoms with van der Waals surface area (Å²) < 4.78 is 11.1. The molecule has 0 bridgehead atoms.